The van der Waals surface area contributed by atoms with E-state index in [-0.39, 0.29) is 6.61 Å². The summed E-state index contributed by atoms with van der Waals surface area (Å²) in [6, 6.07) is 6.01. The van der Waals surface area contributed by atoms with Gasteiger partial charge in [0.1, 0.15) is 5.75 Å². The van der Waals surface area contributed by atoms with Crippen LogP contribution in [0.5, 0.6) is 5.75 Å². The van der Waals surface area contributed by atoms with Gasteiger partial charge in [-0.2, -0.15) is 0 Å². The van der Waals surface area contributed by atoms with Crippen LogP contribution in [0.25, 0.3) is 0 Å². The largest absolute Gasteiger partial charge is 0.492 e. The van der Waals surface area contributed by atoms with E-state index in [9.17, 15) is 0 Å². The van der Waals surface area contributed by atoms with Gasteiger partial charge in [-0.15, -0.1) is 0 Å². The fraction of sp³-hybridized carbons (Fsp3) is 0.600. The second kappa shape index (κ2) is 7.84. The lowest BCUT2D eigenvalue weighted by Crippen LogP contribution is -2.50. The average molecular weight is 299 g/mol. The summed E-state index contributed by atoms with van der Waals surface area (Å²) in [7, 11) is 0. The number of hydrogen-bond acceptors (Lipinski definition) is 4. The molecule has 1 heterocycles. The normalized spacial score (nSPS) is 16.1. The first kappa shape index (κ1) is 15.6. The molecule has 4 nitrogen and oxygen atoms in total. The van der Waals surface area contributed by atoms with E-state index in [1.165, 1.54) is 5.56 Å². The number of nitrogens with one attached hydrogen (secondary N) is 1. The van der Waals surface area contributed by atoms with Gasteiger partial charge in [0.15, 0.2) is 0 Å². The van der Waals surface area contributed by atoms with Crippen molar-refractivity contribution in [1.29, 1.82) is 0 Å². The van der Waals surface area contributed by atoms with Crippen LogP contribution in [0.1, 0.15) is 12.5 Å². The third-order valence-electron chi connectivity index (χ3n) is 3.46. The highest BCUT2D eigenvalue weighted by molar-refractivity contribution is 6.32. The summed E-state index contributed by atoms with van der Waals surface area (Å²) in [4.78, 5) is 2.40. The maximum absolute atomic E-state index is 8.71. The lowest BCUT2D eigenvalue weighted by atomic mass is 9.99. The predicted molar refractivity (Wildman–Crippen MR) is 81.3 cm³/mol. The summed E-state index contributed by atoms with van der Waals surface area (Å²) >= 11 is 6.19. The fourth-order valence-electron chi connectivity index (χ4n) is 2.49. The van der Waals surface area contributed by atoms with E-state index in [0.717, 1.165) is 31.9 Å². The van der Waals surface area contributed by atoms with Crippen LogP contribution in [0.15, 0.2) is 18.2 Å². The van der Waals surface area contributed by atoms with Crippen LogP contribution in [0.4, 0.5) is 0 Å². The molecule has 0 saturated carbocycles. The molecule has 0 unspecified atom stereocenters. The zero-order valence-electron chi connectivity index (χ0n) is 11.9. The number of aliphatic hydroxyl groups is 1. The number of benzene rings is 1. The van der Waals surface area contributed by atoms with Gasteiger partial charge in [-0.1, -0.05) is 17.7 Å². The molecule has 20 heavy (non-hydrogen) atoms. The SMILES string of the molecule is CCOc1ccc(CN2CC(CNCCO)C2)cc1Cl. The molecule has 112 valence electrons. The van der Waals surface area contributed by atoms with E-state index in [0.29, 0.717) is 24.1 Å². The molecular formula is C15H23ClN2O2. The molecule has 0 spiro atoms. The molecule has 1 fully saturated rings. The average Bonchev–Trinajstić information content (AvgIpc) is 2.39. The number of nitrogens with zero attached hydrogens (tertiary/aromatic N) is 1. The molecule has 0 radical (unpaired) electrons. The van der Waals surface area contributed by atoms with Crippen molar-refractivity contribution in [1.82, 2.24) is 10.2 Å². The molecule has 0 aromatic heterocycles. The maximum atomic E-state index is 8.71. The summed E-state index contributed by atoms with van der Waals surface area (Å²) in [6.07, 6.45) is 0. The monoisotopic (exact) mass is 298 g/mol. The molecule has 0 aliphatic carbocycles. The highest BCUT2D eigenvalue weighted by atomic mass is 35.5. The van der Waals surface area contributed by atoms with Crippen LogP contribution in [0.3, 0.4) is 0 Å². The van der Waals surface area contributed by atoms with Crippen molar-refractivity contribution in [3.8, 4) is 5.75 Å². The Kier molecular flexibility index (Phi) is 6.10. The molecule has 0 amide bonds. The van der Waals surface area contributed by atoms with Gasteiger partial charge in [-0.3, -0.25) is 4.90 Å². The Morgan fingerprint density at radius 3 is 2.90 bits per heavy atom. The number of likely N-dealkylation sites (tertiary alicyclic amines) is 1. The van der Waals surface area contributed by atoms with Gasteiger partial charge in [-0.25, -0.2) is 0 Å². The highest BCUT2D eigenvalue weighted by Crippen LogP contribution is 2.27. The van der Waals surface area contributed by atoms with Crippen molar-refractivity contribution in [3.63, 3.8) is 0 Å². The van der Waals surface area contributed by atoms with Gasteiger partial charge < -0.3 is 15.2 Å². The van der Waals surface area contributed by atoms with E-state index in [2.05, 4.69) is 16.3 Å². The smallest absolute Gasteiger partial charge is 0.137 e. The Morgan fingerprint density at radius 2 is 2.25 bits per heavy atom. The van der Waals surface area contributed by atoms with Gasteiger partial charge in [0.2, 0.25) is 0 Å². The van der Waals surface area contributed by atoms with E-state index in [4.69, 9.17) is 21.4 Å². The standard InChI is InChI=1S/C15H23ClN2O2/c1-2-20-15-4-3-12(7-14(15)16)9-18-10-13(11-18)8-17-5-6-19/h3-4,7,13,17,19H,2,5-6,8-11H2,1H3. The van der Waals surface area contributed by atoms with Gasteiger partial charge in [0.25, 0.3) is 0 Å². The van der Waals surface area contributed by atoms with Crippen molar-refractivity contribution in [2.75, 3.05) is 39.4 Å². The molecule has 1 aromatic rings. The van der Waals surface area contributed by atoms with Crippen LogP contribution in [0, 0.1) is 5.92 Å². The zero-order valence-corrected chi connectivity index (χ0v) is 12.7. The van der Waals surface area contributed by atoms with E-state index < -0.39 is 0 Å². The van der Waals surface area contributed by atoms with E-state index in [1.807, 2.05) is 19.1 Å². The van der Waals surface area contributed by atoms with Crippen molar-refractivity contribution < 1.29 is 9.84 Å². The Hall–Kier alpha value is -0.810. The molecule has 1 aliphatic heterocycles. The first-order chi connectivity index (χ1) is 9.72. The van der Waals surface area contributed by atoms with Crippen LogP contribution in [-0.2, 0) is 6.54 Å². The number of aliphatic hydroxyl groups excluding tert-OH is 1. The van der Waals surface area contributed by atoms with Gasteiger partial charge in [0, 0.05) is 32.7 Å². The van der Waals surface area contributed by atoms with E-state index in [1.54, 1.807) is 0 Å². The Morgan fingerprint density at radius 1 is 1.45 bits per heavy atom. The van der Waals surface area contributed by atoms with Gasteiger partial charge in [-0.05, 0) is 30.5 Å². The number of hydrogen-bond donors (Lipinski definition) is 2. The predicted octanol–water partition coefficient (Wildman–Crippen LogP) is 1.75. The highest BCUT2D eigenvalue weighted by Gasteiger charge is 2.25. The molecule has 5 heteroatoms. The molecule has 0 bridgehead atoms. The van der Waals surface area contributed by atoms with Gasteiger partial charge in [0.05, 0.1) is 18.2 Å². The minimum Gasteiger partial charge on any atom is -0.492 e. The number of halogens is 1. The summed E-state index contributed by atoms with van der Waals surface area (Å²) in [5.41, 5.74) is 1.22. The third-order valence-corrected chi connectivity index (χ3v) is 3.75. The zero-order chi connectivity index (χ0) is 14.4. The Bertz CT molecular complexity index is 422. The molecule has 1 saturated heterocycles. The Balaban J connectivity index is 1.74. The quantitative estimate of drug-likeness (QED) is 0.718. The van der Waals surface area contributed by atoms with Crippen molar-refractivity contribution in [3.05, 3.63) is 28.8 Å². The molecule has 2 N–H and O–H groups in total. The number of ether oxygens (including phenoxy) is 1. The summed E-state index contributed by atoms with van der Waals surface area (Å²) < 4.78 is 5.43. The first-order valence-electron chi connectivity index (χ1n) is 7.18. The fourth-order valence-corrected chi connectivity index (χ4v) is 2.75. The lowest BCUT2D eigenvalue weighted by Gasteiger charge is -2.39. The van der Waals surface area contributed by atoms with Crippen LogP contribution in [0.2, 0.25) is 5.02 Å². The van der Waals surface area contributed by atoms with E-state index >= 15 is 0 Å². The topological polar surface area (TPSA) is 44.7 Å². The summed E-state index contributed by atoms with van der Waals surface area (Å²) in [6.45, 7) is 7.60. The molecule has 1 aliphatic rings. The van der Waals surface area contributed by atoms with Crippen molar-refractivity contribution in [2.24, 2.45) is 5.92 Å². The van der Waals surface area contributed by atoms with Crippen molar-refractivity contribution >= 4 is 11.6 Å². The van der Waals surface area contributed by atoms with Gasteiger partial charge >= 0.3 is 0 Å². The summed E-state index contributed by atoms with van der Waals surface area (Å²) in [5.74, 6) is 1.45. The van der Waals surface area contributed by atoms with Crippen molar-refractivity contribution in [2.45, 2.75) is 13.5 Å². The van der Waals surface area contributed by atoms with Crippen LogP contribution in [-0.4, -0.2) is 49.4 Å². The Labute approximate surface area is 125 Å². The van der Waals surface area contributed by atoms with Crippen LogP contribution >= 0.6 is 11.6 Å². The minimum atomic E-state index is 0.209. The third kappa shape index (κ3) is 4.35. The minimum absolute atomic E-state index is 0.209. The molecule has 2 rings (SSSR count). The second-order valence-corrected chi connectivity index (χ2v) is 5.59. The first-order valence-corrected chi connectivity index (χ1v) is 7.56. The second-order valence-electron chi connectivity index (χ2n) is 5.19. The maximum Gasteiger partial charge on any atom is 0.137 e. The summed E-state index contributed by atoms with van der Waals surface area (Å²) in [5, 5.41) is 12.6. The molecular weight excluding hydrogens is 276 g/mol. The number of rotatable bonds is 8. The van der Waals surface area contributed by atoms with Crippen LogP contribution < -0.4 is 10.1 Å². The lowest BCUT2D eigenvalue weighted by molar-refractivity contribution is 0.0908. The molecule has 1 aromatic carbocycles. The molecule has 0 atom stereocenters.